The number of rotatable bonds is 4. The van der Waals surface area contributed by atoms with E-state index < -0.39 is 28.9 Å². The van der Waals surface area contributed by atoms with Gasteiger partial charge in [-0.2, -0.15) is 26.3 Å². The van der Waals surface area contributed by atoms with Gasteiger partial charge in [-0.1, -0.05) is 0 Å². The Balaban J connectivity index is 1.79. The molecule has 2 N–H and O–H groups in total. The second-order valence-electron chi connectivity index (χ2n) is 7.28. The summed E-state index contributed by atoms with van der Waals surface area (Å²) in [7, 11) is 0. The van der Waals surface area contributed by atoms with E-state index in [1.807, 2.05) is 0 Å². The van der Waals surface area contributed by atoms with E-state index in [0.717, 1.165) is 12.8 Å². The third-order valence-corrected chi connectivity index (χ3v) is 5.41. The van der Waals surface area contributed by atoms with Gasteiger partial charge in [0, 0.05) is 6.54 Å². The zero-order valence-corrected chi connectivity index (χ0v) is 14.4. The lowest BCUT2D eigenvalue weighted by atomic mass is 9.73. The van der Waals surface area contributed by atoms with Crippen LogP contribution in [0.2, 0.25) is 0 Å². The predicted molar refractivity (Wildman–Crippen MR) is 85.6 cm³/mol. The zero-order chi connectivity index (χ0) is 19.9. The lowest BCUT2D eigenvalue weighted by molar-refractivity contribution is -0.143. The Morgan fingerprint density at radius 1 is 1.00 bits per heavy atom. The molecule has 3 rings (SSSR count). The summed E-state index contributed by atoms with van der Waals surface area (Å²) in [5.74, 6) is -0.0377. The molecule has 0 unspecified atom stereocenters. The molecule has 0 radical (unpaired) electrons. The molecule has 2 aliphatic rings. The van der Waals surface area contributed by atoms with E-state index in [4.69, 9.17) is 0 Å². The fourth-order valence-electron chi connectivity index (χ4n) is 3.81. The third kappa shape index (κ3) is 4.39. The van der Waals surface area contributed by atoms with Crippen LogP contribution >= 0.6 is 0 Å². The van der Waals surface area contributed by atoms with Gasteiger partial charge in [0.1, 0.15) is 0 Å². The lowest BCUT2D eigenvalue weighted by Crippen LogP contribution is -2.48. The van der Waals surface area contributed by atoms with Crippen molar-refractivity contribution in [1.29, 1.82) is 0 Å². The van der Waals surface area contributed by atoms with Gasteiger partial charge in [0.15, 0.2) is 0 Å². The van der Waals surface area contributed by atoms with Crippen LogP contribution in [0.1, 0.15) is 42.4 Å². The van der Waals surface area contributed by atoms with Crippen molar-refractivity contribution in [3.05, 3.63) is 34.9 Å². The predicted octanol–water partition coefficient (Wildman–Crippen LogP) is 4.12. The smallest absolute Gasteiger partial charge is 0.352 e. The Labute approximate surface area is 152 Å². The van der Waals surface area contributed by atoms with Crippen molar-refractivity contribution >= 4 is 5.91 Å². The van der Waals surface area contributed by atoms with Gasteiger partial charge in [0.25, 0.3) is 0 Å². The third-order valence-electron chi connectivity index (χ3n) is 5.41. The van der Waals surface area contributed by atoms with Crippen molar-refractivity contribution in [2.75, 3.05) is 13.1 Å². The average Bonchev–Trinajstić information content (AvgIpc) is 3.44. The number of nitrogens with one attached hydrogen (secondary N) is 2. The van der Waals surface area contributed by atoms with Crippen molar-refractivity contribution in [1.82, 2.24) is 10.6 Å². The number of amides is 1. The molecule has 9 heteroatoms. The van der Waals surface area contributed by atoms with Gasteiger partial charge in [-0.3, -0.25) is 4.79 Å². The highest BCUT2D eigenvalue weighted by Gasteiger charge is 2.50. The number of alkyl halides is 6. The fourth-order valence-corrected chi connectivity index (χ4v) is 3.81. The fraction of sp³-hybridized carbons (Fsp3) is 0.611. The van der Waals surface area contributed by atoms with Crippen molar-refractivity contribution in [3.8, 4) is 0 Å². The van der Waals surface area contributed by atoms with Crippen LogP contribution in [-0.2, 0) is 23.7 Å². The Bertz CT molecular complexity index is 671. The highest BCUT2D eigenvalue weighted by atomic mass is 19.4. The maximum absolute atomic E-state index is 12.9. The highest BCUT2D eigenvalue weighted by molar-refractivity contribution is 5.83. The molecule has 1 aromatic rings. The molecule has 3 nitrogen and oxygen atoms in total. The first-order valence-electron chi connectivity index (χ1n) is 8.80. The minimum Gasteiger partial charge on any atom is -0.352 e. The molecule has 1 aliphatic heterocycles. The lowest BCUT2D eigenvalue weighted by Gasteiger charge is -2.36. The first kappa shape index (κ1) is 20.0. The number of hydrogen-bond acceptors (Lipinski definition) is 2. The molecular formula is C18H20F6N2O. The maximum atomic E-state index is 12.9. The normalized spacial score (nSPS) is 20.4. The molecule has 0 atom stereocenters. The van der Waals surface area contributed by atoms with Gasteiger partial charge in [-0.05, 0) is 68.5 Å². The minimum atomic E-state index is -4.90. The van der Waals surface area contributed by atoms with Crippen LogP contribution in [-0.4, -0.2) is 19.0 Å². The molecule has 1 amide bonds. The summed E-state index contributed by atoms with van der Waals surface area (Å²) in [6.45, 7) is 0.977. The summed E-state index contributed by atoms with van der Waals surface area (Å²) in [6, 6.07) is 1.40. The summed E-state index contributed by atoms with van der Waals surface area (Å²) < 4.78 is 77.6. The molecule has 27 heavy (non-hydrogen) atoms. The first-order valence-corrected chi connectivity index (χ1v) is 8.80. The van der Waals surface area contributed by atoms with Crippen LogP contribution < -0.4 is 10.6 Å². The van der Waals surface area contributed by atoms with Crippen LogP contribution in [0.4, 0.5) is 26.3 Å². The van der Waals surface area contributed by atoms with Crippen molar-refractivity contribution in [3.63, 3.8) is 0 Å². The van der Waals surface area contributed by atoms with Crippen molar-refractivity contribution in [2.45, 2.75) is 44.6 Å². The number of carbonyl (C=O) groups excluding carboxylic acids is 1. The van der Waals surface area contributed by atoms with E-state index in [1.165, 1.54) is 0 Å². The molecular weight excluding hydrogens is 374 g/mol. The molecule has 0 spiro atoms. The van der Waals surface area contributed by atoms with E-state index in [2.05, 4.69) is 10.6 Å². The molecule has 1 saturated carbocycles. The van der Waals surface area contributed by atoms with Crippen molar-refractivity contribution in [2.24, 2.45) is 11.3 Å². The minimum absolute atomic E-state index is 0.0871. The van der Waals surface area contributed by atoms with E-state index >= 15 is 0 Å². The average molecular weight is 394 g/mol. The number of piperidine rings is 1. The first-order chi connectivity index (χ1) is 12.5. The van der Waals surface area contributed by atoms with Gasteiger partial charge < -0.3 is 10.6 Å². The Morgan fingerprint density at radius 3 is 1.96 bits per heavy atom. The van der Waals surface area contributed by atoms with Gasteiger partial charge in [0.05, 0.1) is 16.5 Å². The highest BCUT2D eigenvalue weighted by Crippen LogP contribution is 2.51. The van der Waals surface area contributed by atoms with Crippen LogP contribution in [0.15, 0.2) is 18.2 Å². The van der Waals surface area contributed by atoms with Gasteiger partial charge in [0.2, 0.25) is 5.91 Å². The largest absolute Gasteiger partial charge is 0.416 e. The van der Waals surface area contributed by atoms with Crippen LogP contribution in [0, 0.1) is 11.3 Å². The molecule has 0 aromatic heterocycles. The molecule has 1 heterocycles. The van der Waals surface area contributed by atoms with Gasteiger partial charge in [-0.15, -0.1) is 0 Å². The monoisotopic (exact) mass is 394 g/mol. The number of halogens is 6. The van der Waals surface area contributed by atoms with E-state index in [0.29, 0.717) is 38.1 Å². The van der Waals surface area contributed by atoms with Gasteiger partial charge >= 0.3 is 12.4 Å². The molecule has 150 valence electrons. The standard InChI is InChI=1S/C18H20F6N2O/c19-17(20,21)13-7-11(8-14(9-13)18(22,23)24)10-26-15(27)16(12-1-2-12)3-5-25-6-4-16/h7-9,12,25H,1-6,10H2,(H,26,27). The van der Waals surface area contributed by atoms with Crippen LogP contribution in [0.3, 0.4) is 0 Å². The van der Waals surface area contributed by atoms with E-state index in [9.17, 15) is 31.1 Å². The quantitative estimate of drug-likeness (QED) is 0.755. The molecule has 0 bridgehead atoms. The summed E-state index contributed by atoms with van der Waals surface area (Å²) in [5, 5.41) is 5.76. The van der Waals surface area contributed by atoms with E-state index in [-0.39, 0.29) is 30.0 Å². The second kappa shape index (κ2) is 7.00. The topological polar surface area (TPSA) is 41.1 Å². The maximum Gasteiger partial charge on any atom is 0.416 e. The number of benzene rings is 1. The SMILES string of the molecule is O=C(NCc1cc(C(F)(F)F)cc(C(F)(F)F)c1)C1(C2CC2)CCNCC1. The molecule has 1 aromatic carbocycles. The summed E-state index contributed by atoms with van der Waals surface area (Å²) >= 11 is 0. The molecule has 1 saturated heterocycles. The van der Waals surface area contributed by atoms with Crippen LogP contribution in [0.25, 0.3) is 0 Å². The zero-order valence-electron chi connectivity index (χ0n) is 14.4. The molecule has 1 aliphatic carbocycles. The Morgan fingerprint density at radius 2 is 1.52 bits per heavy atom. The van der Waals surface area contributed by atoms with Crippen molar-refractivity contribution < 1.29 is 31.1 Å². The summed E-state index contributed by atoms with van der Waals surface area (Å²) in [6.07, 6.45) is -6.70. The Hall–Kier alpha value is -1.77. The number of hydrogen-bond donors (Lipinski definition) is 2. The number of carbonyl (C=O) groups is 1. The summed E-state index contributed by atoms with van der Waals surface area (Å²) in [4.78, 5) is 12.8. The Kier molecular flexibility index (Phi) is 5.18. The van der Waals surface area contributed by atoms with E-state index in [1.54, 1.807) is 0 Å². The molecule has 2 fully saturated rings. The van der Waals surface area contributed by atoms with Gasteiger partial charge in [-0.25, -0.2) is 0 Å². The second-order valence-corrected chi connectivity index (χ2v) is 7.28. The van der Waals surface area contributed by atoms with Crippen LogP contribution in [0.5, 0.6) is 0 Å². The summed E-state index contributed by atoms with van der Waals surface area (Å²) in [5.41, 5.74) is -3.54.